The van der Waals surface area contributed by atoms with Crippen molar-refractivity contribution < 1.29 is 0 Å². The third-order valence-corrected chi connectivity index (χ3v) is 3.41. The zero-order valence-electron chi connectivity index (χ0n) is 8.95. The molecular weight excluding hydrogens is 174 g/mol. The molecule has 0 aromatic carbocycles. The maximum Gasteiger partial charge on any atom is 0.136 e. The van der Waals surface area contributed by atoms with E-state index in [4.69, 9.17) is 0 Å². The number of rotatable bonds is 1. The molecular formula is C11H17N3. The highest BCUT2D eigenvalue weighted by molar-refractivity contribution is 5.10. The van der Waals surface area contributed by atoms with Gasteiger partial charge in [-0.1, -0.05) is 13.8 Å². The topological polar surface area (TPSA) is 30.7 Å². The van der Waals surface area contributed by atoms with Crippen LogP contribution in [0, 0.1) is 5.41 Å². The largest absolute Gasteiger partial charge is 0.314 e. The number of hydrogen-bond donors (Lipinski definition) is 0. The molecule has 3 rings (SSSR count). The fraction of sp³-hybridized carbons (Fsp3) is 0.818. The van der Waals surface area contributed by atoms with Gasteiger partial charge in [0.15, 0.2) is 0 Å². The molecule has 0 N–H and O–H groups in total. The lowest BCUT2D eigenvalue weighted by Gasteiger charge is -2.30. The summed E-state index contributed by atoms with van der Waals surface area (Å²) in [5.41, 5.74) is 0.430. The Labute approximate surface area is 84.5 Å². The second kappa shape index (κ2) is 2.59. The zero-order chi connectivity index (χ0) is 9.76. The summed E-state index contributed by atoms with van der Waals surface area (Å²) in [5.74, 6) is 3.20. The van der Waals surface area contributed by atoms with Crippen molar-refractivity contribution in [1.29, 1.82) is 0 Å². The predicted octanol–water partition coefficient (Wildman–Crippen LogP) is 2.13. The summed E-state index contributed by atoms with van der Waals surface area (Å²) in [6, 6.07) is 0. The van der Waals surface area contributed by atoms with Crippen molar-refractivity contribution in [3.63, 3.8) is 0 Å². The van der Waals surface area contributed by atoms with Gasteiger partial charge in [0.2, 0.25) is 0 Å². The van der Waals surface area contributed by atoms with Gasteiger partial charge in [0.25, 0.3) is 0 Å². The van der Waals surface area contributed by atoms with Crippen LogP contribution in [0.3, 0.4) is 0 Å². The van der Waals surface area contributed by atoms with Crippen LogP contribution in [0.25, 0.3) is 0 Å². The van der Waals surface area contributed by atoms with Crippen molar-refractivity contribution in [3.8, 4) is 0 Å². The van der Waals surface area contributed by atoms with Gasteiger partial charge in [0.1, 0.15) is 11.6 Å². The van der Waals surface area contributed by atoms with Crippen molar-refractivity contribution in [3.05, 3.63) is 11.6 Å². The fourth-order valence-electron chi connectivity index (χ4n) is 2.31. The summed E-state index contributed by atoms with van der Waals surface area (Å²) >= 11 is 0. The van der Waals surface area contributed by atoms with Gasteiger partial charge in [-0.05, 0) is 24.7 Å². The Balaban J connectivity index is 1.99. The van der Waals surface area contributed by atoms with E-state index < -0.39 is 0 Å². The summed E-state index contributed by atoms with van der Waals surface area (Å²) in [6.07, 6.45) is 4.99. The minimum atomic E-state index is 0.430. The minimum absolute atomic E-state index is 0.430. The van der Waals surface area contributed by atoms with Crippen LogP contribution in [0.15, 0.2) is 0 Å². The summed E-state index contributed by atoms with van der Waals surface area (Å²) in [7, 11) is 0. The Morgan fingerprint density at radius 1 is 1.29 bits per heavy atom. The van der Waals surface area contributed by atoms with E-state index in [1.165, 1.54) is 30.9 Å². The van der Waals surface area contributed by atoms with Crippen LogP contribution in [0.1, 0.15) is 50.7 Å². The van der Waals surface area contributed by atoms with Crippen molar-refractivity contribution in [1.82, 2.24) is 14.8 Å². The van der Waals surface area contributed by atoms with Crippen LogP contribution in [0.5, 0.6) is 0 Å². The predicted molar refractivity (Wildman–Crippen MR) is 54.1 cm³/mol. The molecule has 14 heavy (non-hydrogen) atoms. The Hall–Kier alpha value is -0.860. The van der Waals surface area contributed by atoms with Crippen LogP contribution in [-0.4, -0.2) is 14.8 Å². The average Bonchev–Trinajstić information content (AvgIpc) is 2.87. The Morgan fingerprint density at radius 3 is 2.79 bits per heavy atom. The molecule has 0 radical (unpaired) electrons. The number of fused-ring (bicyclic) bond motifs is 1. The van der Waals surface area contributed by atoms with Crippen LogP contribution in [0.2, 0.25) is 0 Å². The summed E-state index contributed by atoms with van der Waals surface area (Å²) < 4.78 is 2.38. The zero-order valence-corrected chi connectivity index (χ0v) is 8.95. The third-order valence-electron chi connectivity index (χ3n) is 3.41. The SMILES string of the molecule is CC1(C)CCc2nnc(C3CC3)n2C1. The van der Waals surface area contributed by atoms with Gasteiger partial charge in [0, 0.05) is 18.9 Å². The third kappa shape index (κ3) is 1.26. The molecule has 2 aliphatic rings. The second-order valence-electron chi connectivity index (χ2n) is 5.50. The highest BCUT2D eigenvalue weighted by atomic mass is 15.3. The van der Waals surface area contributed by atoms with Gasteiger partial charge in [-0.3, -0.25) is 0 Å². The molecule has 1 aromatic rings. The molecule has 1 saturated carbocycles. The van der Waals surface area contributed by atoms with Crippen molar-refractivity contribution in [2.45, 2.75) is 52.0 Å². The monoisotopic (exact) mass is 191 g/mol. The summed E-state index contributed by atoms with van der Waals surface area (Å²) in [6.45, 7) is 5.79. The minimum Gasteiger partial charge on any atom is -0.314 e. The van der Waals surface area contributed by atoms with E-state index in [1.807, 2.05) is 0 Å². The van der Waals surface area contributed by atoms with Gasteiger partial charge in [-0.15, -0.1) is 10.2 Å². The quantitative estimate of drug-likeness (QED) is 0.680. The molecule has 0 bridgehead atoms. The molecule has 0 atom stereocenters. The molecule has 1 aromatic heterocycles. The number of hydrogen-bond acceptors (Lipinski definition) is 2. The summed E-state index contributed by atoms with van der Waals surface area (Å²) in [5, 5.41) is 8.63. The number of aromatic nitrogens is 3. The van der Waals surface area contributed by atoms with E-state index in [0.29, 0.717) is 5.41 Å². The first kappa shape index (κ1) is 8.45. The normalized spacial score (nSPS) is 24.7. The van der Waals surface area contributed by atoms with Crippen molar-refractivity contribution >= 4 is 0 Å². The standard InChI is InChI=1S/C11H17N3/c1-11(2)6-5-9-12-13-10(8-3-4-8)14(9)7-11/h8H,3-7H2,1-2H3. The second-order valence-corrected chi connectivity index (χ2v) is 5.50. The van der Waals surface area contributed by atoms with Gasteiger partial charge < -0.3 is 4.57 Å². The Bertz CT molecular complexity index is 361. The smallest absolute Gasteiger partial charge is 0.136 e. The molecule has 0 unspecified atom stereocenters. The lowest BCUT2D eigenvalue weighted by molar-refractivity contribution is 0.243. The number of aryl methyl sites for hydroxylation is 1. The molecule has 3 nitrogen and oxygen atoms in total. The first-order chi connectivity index (χ1) is 6.66. The molecule has 1 aliphatic carbocycles. The van der Waals surface area contributed by atoms with Gasteiger partial charge in [0.05, 0.1) is 0 Å². The van der Waals surface area contributed by atoms with Crippen LogP contribution >= 0.6 is 0 Å². The fourth-order valence-corrected chi connectivity index (χ4v) is 2.31. The van der Waals surface area contributed by atoms with E-state index >= 15 is 0 Å². The lowest BCUT2D eigenvalue weighted by Crippen LogP contribution is -2.28. The molecule has 76 valence electrons. The Kier molecular flexibility index (Phi) is 1.56. The molecule has 2 heterocycles. The number of nitrogens with zero attached hydrogens (tertiary/aromatic N) is 3. The van der Waals surface area contributed by atoms with Crippen molar-refractivity contribution in [2.24, 2.45) is 5.41 Å². The first-order valence-corrected chi connectivity index (χ1v) is 5.58. The summed E-state index contributed by atoms with van der Waals surface area (Å²) in [4.78, 5) is 0. The van der Waals surface area contributed by atoms with Gasteiger partial charge >= 0.3 is 0 Å². The average molecular weight is 191 g/mol. The van der Waals surface area contributed by atoms with Crippen LogP contribution < -0.4 is 0 Å². The molecule has 0 saturated heterocycles. The molecule has 1 fully saturated rings. The van der Waals surface area contributed by atoms with Crippen LogP contribution in [0.4, 0.5) is 0 Å². The van der Waals surface area contributed by atoms with E-state index in [-0.39, 0.29) is 0 Å². The maximum atomic E-state index is 4.34. The molecule has 3 heteroatoms. The highest BCUT2D eigenvalue weighted by Gasteiger charge is 2.34. The maximum absolute atomic E-state index is 4.34. The van der Waals surface area contributed by atoms with Gasteiger partial charge in [-0.25, -0.2) is 0 Å². The van der Waals surface area contributed by atoms with Gasteiger partial charge in [-0.2, -0.15) is 0 Å². The first-order valence-electron chi connectivity index (χ1n) is 5.58. The van der Waals surface area contributed by atoms with E-state index in [2.05, 4.69) is 28.6 Å². The lowest BCUT2D eigenvalue weighted by atomic mass is 9.85. The molecule has 0 amide bonds. The van der Waals surface area contributed by atoms with E-state index in [0.717, 1.165) is 18.9 Å². The van der Waals surface area contributed by atoms with Crippen molar-refractivity contribution in [2.75, 3.05) is 0 Å². The Morgan fingerprint density at radius 2 is 2.07 bits per heavy atom. The molecule has 0 spiro atoms. The van der Waals surface area contributed by atoms with Crippen LogP contribution in [-0.2, 0) is 13.0 Å². The van der Waals surface area contributed by atoms with E-state index in [9.17, 15) is 0 Å². The highest BCUT2D eigenvalue weighted by Crippen LogP contribution is 2.41. The van der Waals surface area contributed by atoms with E-state index in [1.54, 1.807) is 0 Å². The molecule has 1 aliphatic heterocycles.